The fourth-order valence-electron chi connectivity index (χ4n) is 5.00. The zero-order valence-electron chi connectivity index (χ0n) is 28.6. The van der Waals surface area contributed by atoms with Crippen molar-refractivity contribution in [1.82, 2.24) is 0 Å². The molecule has 4 heteroatoms. The summed E-state index contributed by atoms with van der Waals surface area (Å²) in [6, 6.07) is 22.5. The molecular weight excluding hydrogens is 471 g/mol. The highest BCUT2D eigenvalue weighted by molar-refractivity contribution is 6.14. The van der Waals surface area contributed by atoms with E-state index in [0.29, 0.717) is 33.0 Å². The first-order chi connectivity index (χ1) is 21.6. The summed E-state index contributed by atoms with van der Waals surface area (Å²) in [6.07, 6.45) is -0.598. The molecule has 6 rings (SSSR count). The van der Waals surface area contributed by atoms with E-state index >= 15 is 4.39 Å². The third kappa shape index (κ3) is 3.67. The molecule has 2 heterocycles. The SMILES string of the molecule is [2H]c1c(F)c(C([2H])([2H])[2H])c([2H])[n+](C)c1-c1c(C)ccc2c1oc1c(-c3ccc(-c4ccccc4)c(C([2H])([2H])[2H])c3)c(C#N)ccc12. The van der Waals surface area contributed by atoms with Crippen LogP contribution in [0.2, 0.25) is 0 Å². The minimum Gasteiger partial charge on any atom is -0.454 e. The summed E-state index contributed by atoms with van der Waals surface area (Å²) in [7, 11) is 1.40. The Kier molecular flexibility index (Phi) is 3.82. The molecule has 2 aromatic heterocycles. The van der Waals surface area contributed by atoms with Crippen molar-refractivity contribution < 1.29 is 24.3 Å². The van der Waals surface area contributed by atoms with Crippen LogP contribution in [0.5, 0.6) is 0 Å². The van der Waals surface area contributed by atoms with E-state index in [4.69, 9.17) is 15.4 Å². The Morgan fingerprint density at radius 1 is 0.868 bits per heavy atom. The Bertz CT molecular complexity index is 2220. The van der Waals surface area contributed by atoms with Crippen LogP contribution < -0.4 is 4.57 Å². The van der Waals surface area contributed by atoms with Crippen LogP contribution in [-0.4, -0.2) is 0 Å². The van der Waals surface area contributed by atoms with E-state index in [-0.39, 0.29) is 33.6 Å². The summed E-state index contributed by atoms with van der Waals surface area (Å²) in [5.74, 6) is -1.31. The Morgan fingerprint density at radius 2 is 1.61 bits per heavy atom. The van der Waals surface area contributed by atoms with Crippen LogP contribution in [0.25, 0.3) is 55.4 Å². The standard InChI is InChI=1S/C34H26FN2O/c1-20-10-13-27-28-15-12-25(18-36)32(24-11-14-26(21(2)16-24)23-8-6-5-7-9-23)34(28)38-33(27)31(20)30-17-29(35)22(3)19-37(30)4/h5-17,19H,1-4H3/q+1/i2D3,3D3,17D,19D. The van der Waals surface area contributed by atoms with Gasteiger partial charge in [-0.3, -0.25) is 0 Å². The molecule has 0 fully saturated rings. The number of nitriles is 1. The molecule has 0 amide bonds. The Hall–Kier alpha value is -4.75. The van der Waals surface area contributed by atoms with Crippen molar-refractivity contribution in [3.63, 3.8) is 0 Å². The molecule has 0 atom stereocenters. The summed E-state index contributed by atoms with van der Waals surface area (Å²) in [5, 5.41) is 11.3. The quantitative estimate of drug-likeness (QED) is 0.227. The van der Waals surface area contributed by atoms with Gasteiger partial charge in [0, 0.05) is 36.2 Å². The number of hydrogen-bond donors (Lipinski definition) is 0. The van der Waals surface area contributed by atoms with E-state index in [1.54, 1.807) is 49.4 Å². The lowest BCUT2D eigenvalue weighted by Crippen LogP contribution is -2.31. The van der Waals surface area contributed by atoms with E-state index in [9.17, 15) is 5.26 Å². The van der Waals surface area contributed by atoms with Gasteiger partial charge in [-0.1, -0.05) is 60.7 Å². The van der Waals surface area contributed by atoms with Gasteiger partial charge in [0.1, 0.15) is 25.4 Å². The van der Waals surface area contributed by atoms with Crippen molar-refractivity contribution in [3.8, 4) is 39.6 Å². The maximum Gasteiger partial charge on any atom is 0.219 e. The fraction of sp³-hybridized carbons (Fsp3) is 0.118. The van der Waals surface area contributed by atoms with Crippen molar-refractivity contribution in [2.45, 2.75) is 20.6 Å². The molecule has 0 aliphatic rings. The Labute approximate surface area is 232 Å². The van der Waals surface area contributed by atoms with E-state index in [2.05, 4.69) is 6.07 Å². The van der Waals surface area contributed by atoms with Crippen LogP contribution in [0.1, 0.15) is 33.2 Å². The number of halogens is 1. The third-order valence-electron chi connectivity index (χ3n) is 6.83. The second-order valence-electron chi connectivity index (χ2n) is 9.17. The molecule has 0 radical (unpaired) electrons. The second-order valence-corrected chi connectivity index (χ2v) is 9.17. The molecule has 6 aromatic rings. The molecule has 0 aliphatic heterocycles. The normalized spacial score (nSPS) is 15.0. The summed E-state index contributed by atoms with van der Waals surface area (Å²) >= 11 is 0. The summed E-state index contributed by atoms with van der Waals surface area (Å²) in [4.78, 5) is 0. The molecule has 0 aliphatic carbocycles. The molecule has 4 aromatic carbocycles. The first-order valence-electron chi connectivity index (χ1n) is 15.9. The van der Waals surface area contributed by atoms with Crippen molar-refractivity contribution in [1.29, 1.82) is 5.26 Å². The molecule has 0 saturated carbocycles. The lowest BCUT2D eigenvalue weighted by molar-refractivity contribution is -0.661. The van der Waals surface area contributed by atoms with Gasteiger partial charge in [-0.15, -0.1) is 0 Å². The lowest BCUT2D eigenvalue weighted by Gasteiger charge is -2.11. The predicted octanol–water partition coefficient (Wildman–Crippen LogP) is 8.35. The Balaban J connectivity index is 1.68. The first kappa shape index (κ1) is 16.2. The fourth-order valence-corrected chi connectivity index (χ4v) is 5.00. The van der Waals surface area contributed by atoms with Gasteiger partial charge in [-0.2, -0.15) is 5.26 Å². The third-order valence-corrected chi connectivity index (χ3v) is 6.83. The molecule has 0 bridgehead atoms. The monoisotopic (exact) mass is 505 g/mol. The minimum atomic E-state index is -2.94. The van der Waals surface area contributed by atoms with Crippen LogP contribution >= 0.6 is 0 Å². The number of aryl methyl sites for hydroxylation is 2. The maximum atomic E-state index is 15.5. The van der Waals surface area contributed by atoms with Crippen molar-refractivity contribution in [2.75, 3.05) is 0 Å². The predicted molar refractivity (Wildman–Crippen MR) is 150 cm³/mol. The number of rotatable bonds is 3. The van der Waals surface area contributed by atoms with E-state index < -0.39 is 37.3 Å². The van der Waals surface area contributed by atoms with E-state index in [0.717, 1.165) is 10.1 Å². The number of benzene rings is 4. The molecular formula is C34H26FN2O+. The number of nitrogens with zero attached hydrogens (tertiary/aromatic N) is 2. The largest absolute Gasteiger partial charge is 0.454 e. The van der Waals surface area contributed by atoms with Gasteiger partial charge in [0.25, 0.3) is 0 Å². The van der Waals surface area contributed by atoms with Gasteiger partial charge in [-0.25, -0.2) is 8.96 Å². The zero-order valence-corrected chi connectivity index (χ0v) is 20.6. The summed E-state index contributed by atoms with van der Waals surface area (Å²) in [5.41, 5.74) is 2.91. The number of pyridine rings is 1. The highest BCUT2D eigenvalue weighted by atomic mass is 19.1. The smallest absolute Gasteiger partial charge is 0.219 e. The van der Waals surface area contributed by atoms with Gasteiger partial charge >= 0.3 is 0 Å². The van der Waals surface area contributed by atoms with Gasteiger partial charge in [0.05, 0.1) is 18.6 Å². The lowest BCUT2D eigenvalue weighted by atomic mass is 9.92. The van der Waals surface area contributed by atoms with Gasteiger partial charge in [0.2, 0.25) is 5.69 Å². The van der Waals surface area contributed by atoms with Gasteiger partial charge in [0.15, 0.2) is 6.17 Å². The highest BCUT2D eigenvalue weighted by Gasteiger charge is 2.24. The topological polar surface area (TPSA) is 40.8 Å². The number of furan rings is 1. The maximum absolute atomic E-state index is 15.5. The molecule has 0 saturated heterocycles. The van der Waals surface area contributed by atoms with Gasteiger partial charge < -0.3 is 4.42 Å². The highest BCUT2D eigenvalue weighted by Crippen LogP contribution is 2.42. The van der Waals surface area contributed by atoms with Crippen molar-refractivity contribution in [2.24, 2.45) is 7.05 Å². The number of hydrogen-bond acceptors (Lipinski definition) is 2. The molecule has 3 nitrogen and oxygen atoms in total. The number of fused-ring (bicyclic) bond motifs is 3. The Morgan fingerprint density at radius 3 is 2.34 bits per heavy atom. The van der Waals surface area contributed by atoms with Crippen LogP contribution in [-0.2, 0) is 7.05 Å². The van der Waals surface area contributed by atoms with Crippen LogP contribution in [0, 0.1) is 37.8 Å². The second kappa shape index (κ2) is 8.97. The molecule has 184 valence electrons. The molecule has 0 N–H and O–H groups in total. The van der Waals surface area contributed by atoms with Gasteiger partial charge in [-0.05, 0) is 60.6 Å². The molecule has 38 heavy (non-hydrogen) atoms. The van der Waals surface area contributed by atoms with Crippen molar-refractivity contribution in [3.05, 3.63) is 113 Å². The van der Waals surface area contributed by atoms with E-state index in [1.165, 1.54) is 7.05 Å². The van der Waals surface area contributed by atoms with Crippen LogP contribution in [0.15, 0.2) is 89.4 Å². The minimum absolute atomic E-state index is 0.0448. The van der Waals surface area contributed by atoms with E-state index in [1.807, 2.05) is 30.3 Å². The molecule has 0 spiro atoms. The van der Waals surface area contributed by atoms with Crippen molar-refractivity contribution >= 4 is 21.9 Å². The summed E-state index contributed by atoms with van der Waals surface area (Å²) < 4.78 is 88.3. The first-order valence-corrected chi connectivity index (χ1v) is 11.9. The van der Waals surface area contributed by atoms with Crippen LogP contribution in [0.4, 0.5) is 4.39 Å². The summed E-state index contributed by atoms with van der Waals surface area (Å²) in [6.45, 7) is -3.69. The average Bonchev–Trinajstić information content (AvgIpc) is 3.38. The average molecular weight is 506 g/mol. The molecule has 0 unspecified atom stereocenters. The number of aromatic nitrogens is 1. The zero-order chi connectivity index (χ0) is 33.3. The van der Waals surface area contributed by atoms with Crippen LogP contribution in [0.3, 0.4) is 0 Å².